The first-order valence-electron chi connectivity index (χ1n) is 3.77. The molecule has 0 bridgehead atoms. The summed E-state index contributed by atoms with van der Waals surface area (Å²) < 4.78 is 1.85. The number of hydrogen-bond donors (Lipinski definition) is 1. The molecular weight excluding hydrogens is 152 g/mol. The van der Waals surface area contributed by atoms with Crippen LogP contribution in [0.4, 0.5) is 0 Å². The lowest BCUT2D eigenvalue weighted by molar-refractivity contribution is 0.775. The molecule has 4 nitrogen and oxygen atoms in total. The monoisotopic (exact) mass is 162 g/mol. The smallest absolute Gasteiger partial charge is 0.0739 e. The molecule has 0 saturated carbocycles. The quantitative estimate of drug-likeness (QED) is 0.683. The van der Waals surface area contributed by atoms with E-state index in [1.165, 1.54) is 5.56 Å². The van der Waals surface area contributed by atoms with E-state index in [4.69, 9.17) is 0 Å². The third-order valence-corrected chi connectivity index (χ3v) is 1.89. The van der Waals surface area contributed by atoms with Crippen molar-refractivity contribution in [3.05, 3.63) is 24.2 Å². The topological polar surface area (TPSA) is 46.5 Å². The summed E-state index contributed by atoms with van der Waals surface area (Å²) in [6.07, 6.45) is 5.51. The summed E-state index contributed by atoms with van der Waals surface area (Å²) in [7, 11) is 1.93. The molecule has 0 radical (unpaired) electrons. The van der Waals surface area contributed by atoms with E-state index in [2.05, 4.69) is 15.3 Å². The predicted molar refractivity (Wildman–Crippen MR) is 45.5 cm³/mol. The Bertz CT molecular complexity index is 352. The molecule has 2 rings (SSSR count). The Morgan fingerprint density at radius 1 is 1.42 bits per heavy atom. The maximum absolute atomic E-state index is 4.15. The van der Waals surface area contributed by atoms with Crippen LogP contribution in [0.25, 0.3) is 11.3 Å². The molecule has 2 heterocycles. The maximum Gasteiger partial charge on any atom is 0.0739 e. The van der Waals surface area contributed by atoms with E-state index in [0.717, 1.165) is 11.3 Å². The lowest BCUT2D eigenvalue weighted by Gasteiger charge is -1.98. The molecule has 0 aliphatic carbocycles. The summed E-state index contributed by atoms with van der Waals surface area (Å²) in [5, 5.41) is 10.8. The minimum Gasteiger partial charge on any atom is -0.285 e. The van der Waals surface area contributed by atoms with Gasteiger partial charge >= 0.3 is 0 Å². The van der Waals surface area contributed by atoms with Crippen molar-refractivity contribution < 1.29 is 0 Å². The van der Waals surface area contributed by atoms with Crippen LogP contribution in [0.1, 0.15) is 5.56 Å². The average molecular weight is 162 g/mol. The third kappa shape index (κ3) is 0.922. The van der Waals surface area contributed by atoms with Crippen molar-refractivity contribution in [3.63, 3.8) is 0 Å². The van der Waals surface area contributed by atoms with Gasteiger partial charge in [-0.05, 0) is 12.5 Å². The number of aromatic amines is 1. The Morgan fingerprint density at radius 3 is 2.75 bits per heavy atom. The molecule has 12 heavy (non-hydrogen) atoms. The first-order chi connectivity index (χ1) is 5.79. The summed E-state index contributed by atoms with van der Waals surface area (Å²) >= 11 is 0. The van der Waals surface area contributed by atoms with Gasteiger partial charge in [-0.3, -0.25) is 9.78 Å². The van der Waals surface area contributed by atoms with Gasteiger partial charge in [0.15, 0.2) is 0 Å². The maximum atomic E-state index is 4.15. The van der Waals surface area contributed by atoms with Gasteiger partial charge in [0.05, 0.1) is 18.1 Å². The van der Waals surface area contributed by atoms with Crippen LogP contribution < -0.4 is 0 Å². The van der Waals surface area contributed by atoms with Crippen LogP contribution in [-0.4, -0.2) is 20.0 Å². The zero-order valence-corrected chi connectivity index (χ0v) is 7.07. The lowest BCUT2D eigenvalue weighted by Crippen LogP contribution is -1.92. The third-order valence-electron chi connectivity index (χ3n) is 1.89. The molecular formula is C8H10N4. The first-order valence-corrected chi connectivity index (χ1v) is 3.77. The van der Waals surface area contributed by atoms with Gasteiger partial charge in [0, 0.05) is 18.8 Å². The molecule has 0 unspecified atom stereocenters. The summed E-state index contributed by atoms with van der Waals surface area (Å²) in [6.45, 7) is 2.04. The second-order valence-electron chi connectivity index (χ2n) is 2.79. The van der Waals surface area contributed by atoms with Gasteiger partial charge < -0.3 is 0 Å². The molecule has 0 fully saturated rings. The van der Waals surface area contributed by atoms with E-state index in [1.54, 1.807) is 6.20 Å². The lowest BCUT2D eigenvalue weighted by atomic mass is 10.2. The van der Waals surface area contributed by atoms with E-state index in [0.29, 0.717) is 0 Å². The minimum atomic E-state index is 1.08. The zero-order chi connectivity index (χ0) is 8.55. The Balaban J connectivity index is 2.60. The van der Waals surface area contributed by atoms with Crippen molar-refractivity contribution in [2.24, 2.45) is 7.05 Å². The van der Waals surface area contributed by atoms with Crippen LogP contribution in [0.2, 0.25) is 0 Å². The minimum absolute atomic E-state index is 1.08. The van der Waals surface area contributed by atoms with Crippen LogP contribution in [0.3, 0.4) is 0 Å². The van der Waals surface area contributed by atoms with Crippen molar-refractivity contribution in [2.45, 2.75) is 6.92 Å². The summed E-state index contributed by atoms with van der Waals surface area (Å²) in [5.74, 6) is 0. The second-order valence-corrected chi connectivity index (χ2v) is 2.79. The summed E-state index contributed by atoms with van der Waals surface area (Å²) in [6, 6.07) is 0. The predicted octanol–water partition coefficient (Wildman–Crippen LogP) is 1.12. The molecule has 1 N–H and O–H groups in total. The van der Waals surface area contributed by atoms with Crippen molar-refractivity contribution in [1.29, 1.82) is 0 Å². The highest BCUT2D eigenvalue weighted by atomic mass is 15.3. The fraction of sp³-hybridized carbons (Fsp3) is 0.250. The van der Waals surface area contributed by atoms with E-state index < -0.39 is 0 Å². The van der Waals surface area contributed by atoms with Gasteiger partial charge in [0.25, 0.3) is 0 Å². The number of hydrogen-bond acceptors (Lipinski definition) is 2. The number of nitrogens with zero attached hydrogens (tertiary/aromatic N) is 3. The standard InChI is InChI=1S/C8H10N4/c1-6-3-11-12(2)8(6)7-4-9-10-5-7/h3-5H,1-2H3,(H,9,10). The SMILES string of the molecule is Cc1cnn(C)c1-c1cn[nH]c1. The Labute approximate surface area is 70.2 Å². The normalized spacial score (nSPS) is 10.5. The highest BCUT2D eigenvalue weighted by molar-refractivity contribution is 5.60. The Kier molecular flexibility index (Phi) is 1.46. The summed E-state index contributed by atoms with van der Waals surface area (Å²) in [4.78, 5) is 0. The van der Waals surface area contributed by atoms with E-state index in [-0.39, 0.29) is 0 Å². The van der Waals surface area contributed by atoms with Crippen molar-refractivity contribution >= 4 is 0 Å². The highest BCUT2D eigenvalue weighted by Crippen LogP contribution is 2.20. The molecule has 4 heteroatoms. The molecule has 2 aromatic rings. The molecule has 0 spiro atoms. The van der Waals surface area contributed by atoms with Crippen molar-refractivity contribution in [1.82, 2.24) is 20.0 Å². The number of rotatable bonds is 1. The largest absolute Gasteiger partial charge is 0.285 e. The van der Waals surface area contributed by atoms with Crippen LogP contribution in [-0.2, 0) is 7.05 Å². The van der Waals surface area contributed by atoms with Crippen LogP contribution in [0, 0.1) is 6.92 Å². The molecule has 62 valence electrons. The number of H-pyrrole nitrogens is 1. The van der Waals surface area contributed by atoms with E-state index >= 15 is 0 Å². The van der Waals surface area contributed by atoms with Gasteiger partial charge in [-0.1, -0.05) is 0 Å². The highest BCUT2D eigenvalue weighted by Gasteiger charge is 2.06. The fourth-order valence-electron chi connectivity index (χ4n) is 1.34. The van der Waals surface area contributed by atoms with Gasteiger partial charge in [-0.25, -0.2) is 0 Å². The molecule has 0 aliphatic heterocycles. The van der Waals surface area contributed by atoms with Gasteiger partial charge in [0.2, 0.25) is 0 Å². The molecule has 0 aromatic carbocycles. The van der Waals surface area contributed by atoms with Crippen LogP contribution in [0.5, 0.6) is 0 Å². The van der Waals surface area contributed by atoms with Gasteiger partial charge in [-0.2, -0.15) is 10.2 Å². The van der Waals surface area contributed by atoms with E-state index in [1.807, 2.05) is 31.0 Å². The fourth-order valence-corrected chi connectivity index (χ4v) is 1.34. The molecule has 0 atom stereocenters. The number of aromatic nitrogens is 4. The van der Waals surface area contributed by atoms with Crippen molar-refractivity contribution in [2.75, 3.05) is 0 Å². The van der Waals surface area contributed by atoms with Gasteiger partial charge in [-0.15, -0.1) is 0 Å². The first kappa shape index (κ1) is 7.09. The summed E-state index contributed by atoms with van der Waals surface area (Å²) in [5.41, 5.74) is 3.36. The Hall–Kier alpha value is -1.58. The molecule has 2 aromatic heterocycles. The van der Waals surface area contributed by atoms with Crippen LogP contribution in [0.15, 0.2) is 18.6 Å². The Morgan fingerprint density at radius 2 is 2.25 bits per heavy atom. The number of aryl methyl sites for hydroxylation is 2. The molecule has 0 aliphatic rings. The van der Waals surface area contributed by atoms with Gasteiger partial charge in [0.1, 0.15) is 0 Å². The van der Waals surface area contributed by atoms with Crippen LogP contribution >= 0.6 is 0 Å². The zero-order valence-electron chi connectivity index (χ0n) is 7.07. The number of nitrogens with one attached hydrogen (secondary N) is 1. The second kappa shape index (κ2) is 2.48. The van der Waals surface area contributed by atoms with Crippen molar-refractivity contribution in [3.8, 4) is 11.3 Å². The molecule has 0 saturated heterocycles. The molecule has 0 amide bonds. The average Bonchev–Trinajstić information content (AvgIpc) is 2.61. The van der Waals surface area contributed by atoms with E-state index in [9.17, 15) is 0 Å².